The Labute approximate surface area is 156 Å². The number of carbonyl (C=O) groups is 3. The first-order valence-corrected chi connectivity index (χ1v) is 9.00. The number of nitrogens with zero attached hydrogens (tertiary/aromatic N) is 1. The van der Waals surface area contributed by atoms with E-state index in [1.54, 1.807) is 18.2 Å². The van der Waals surface area contributed by atoms with Gasteiger partial charge in [-0.05, 0) is 53.2 Å². The monoisotopic (exact) mass is 419 g/mol. The Morgan fingerprint density at radius 1 is 1.24 bits per heavy atom. The quantitative estimate of drug-likeness (QED) is 0.588. The van der Waals surface area contributed by atoms with Crippen molar-refractivity contribution in [1.82, 2.24) is 10.2 Å². The third-order valence-electron chi connectivity index (χ3n) is 3.48. The maximum Gasteiger partial charge on any atom is 0.329 e. The molecule has 0 saturated carbocycles. The van der Waals surface area contributed by atoms with Crippen molar-refractivity contribution in [2.75, 3.05) is 11.9 Å². The number of imide groups is 1. The van der Waals surface area contributed by atoms with Gasteiger partial charge in [0.15, 0.2) is 0 Å². The molecule has 0 aliphatic carbocycles. The summed E-state index contributed by atoms with van der Waals surface area (Å²) in [7, 11) is 0. The summed E-state index contributed by atoms with van der Waals surface area (Å²) in [6.07, 6.45) is 1.59. The molecule has 1 aliphatic rings. The van der Waals surface area contributed by atoms with Crippen LogP contribution in [0.2, 0.25) is 0 Å². The second-order valence-electron chi connectivity index (χ2n) is 5.44. The molecule has 2 aromatic rings. The zero-order chi connectivity index (χ0) is 18.0. The first-order chi connectivity index (χ1) is 11.9. The summed E-state index contributed by atoms with van der Waals surface area (Å²) in [4.78, 5) is 38.1. The summed E-state index contributed by atoms with van der Waals surface area (Å²) in [5.41, 5.74) is 1.84. The fourth-order valence-corrected chi connectivity index (χ4v) is 3.61. The molecule has 8 heteroatoms. The molecule has 0 radical (unpaired) electrons. The van der Waals surface area contributed by atoms with E-state index < -0.39 is 17.8 Å². The highest BCUT2D eigenvalue weighted by Crippen LogP contribution is 2.25. The zero-order valence-corrected chi connectivity index (χ0v) is 15.6. The predicted molar refractivity (Wildman–Crippen MR) is 100 cm³/mol. The van der Waals surface area contributed by atoms with E-state index in [9.17, 15) is 14.4 Å². The van der Waals surface area contributed by atoms with E-state index in [2.05, 4.69) is 26.6 Å². The highest BCUT2D eigenvalue weighted by atomic mass is 79.9. The number of aryl methyl sites for hydroxylation is 1. The van der Waals surface area contributed by atoms with Gasteiger partial charge in [0.25, 0.3) is 5.91 Å². The summed E-state index contributed by atoms with van der Waals surface area (Å²) >= 11 is 4.78. The standard InChI is InChI=1S/C17H14BrN3O3S/c1-10-2-4-11(5-3-10)19-15(22)9-21-16(23)13(20-17(21)24)8-12-6-7-14(18)25-12/h2-8H,9H2,1H3,(H,19,22)(H,20,24)/b13-8+. The van der Waals surface area contributed by atoms with Crippen molar-refractivity contribution < 1.29 is 14.4 Å². The van der Waals surface area contributed by atoms with Crippen molar-refractivity contribution in [3.63, 3.8) is 0 Å². The zero-order valence-electron chi connectivity index (χ0n) is 13.2. The van der Waals surface area contributed by atoms with Crippen molar-refractivity contribution >= 4 is 56.9 Å². The molecule has 1 aliphatic heterocycles. The number of anilines is 1. The molecule has 0 spiro atoms. The number of thiophene rings is 1. The Morgan fingerprint density at radius 3 is 2.60 bits per heavy atom. The van der Waals surface area contributed by atoms with E-state index in [0.717, 1.165) is 19.1 Å². The molecule has 1 aromatic carbocycles. The van der Waals surface area contributed by atoms with E-state index in [-0.39, 0.29) is 12.2 Å². The van der Waals surface area contributed by atoms with Crippen LogP contribution in [0.3, 0.4) is 0 Å². The summed E-state index contributed by atoms with van der Waals surface area (Å²) in [6, 6.07) is 10.3. The van der Waals surface area contributed by atoms with E-state index in [4.69, 9.17) is 0 Å². The van der Waals surface area contributed by atoms with Crippen LogP contribution in [0.25, 0.3) is 6.08 Å². The summed E-state index contributed by atoms with van der Waals surface area (Å²) in [5.74, 6) is -0.957. The molecule has 1 fully saturated rings. The lowest BCUT2D eigenvalue weighted by Gasteiger charge is -2.12. The normalized spacial score (nSPS) is 15.6. The van der Waals surface area contributed by atoms with Gasteiger partial charge in [0, 0.05) is 10.6 Å². The van der Waals surface area contributed by atoms with Crippen LogP contribution < -0.4 is 10.6 Å². The van der Waals surface area contributed by atoms with Gasteiger partial charge in [-0.25, -0.2) is 9.69 Å². The number of halogens is 1. The Morgan fingerprint density at radius 2 is 1.96 bits per heavy atom. The number of hydrogen-bond donors (Lipinski definition) is 2. The molecule has 1 aromatic heterocycles. The highest BCUT2D eigenvalue weighted by Gasteiger charge is 2.34. The predicted octanol–water partition coefficient (Wildman–Crippen LogP) is 3.35. The highest BCUT2D eigenvalue weighted by molar-refractivity contribution is 9.11. The van der Waals surface area contributed by atoms with E-state index >= 15 is 0 Å². The molecular weight excluding hydrogens is 406 g/mol. The average molecular weight is 420 g/mol. The average Bonchev–Trinajstić information content (AvgIpc) is 3.08. The fourth-order valence-electron chi connectivity index (χ4n) is 2.24. The number of rotatable bonds is 4. The van der Waals surface area contributed by atoms with E-state index in [0.29, 0.717) is 5.69 Å². The molecule has 0 unspecified atom stereocenters. The van der Waals surface area contributed by atoms with E-state index in [1.165, 1.54) is 11.3 Å². The lowest BCUT2D eigenvalue weighted by atomic mass is 10.2. The molecule has 6 nitrogen and oxygen atoms in total. The maximum atomic E-state index is 12.3. The van der Waals surface area contributed by atoms with Crippen LogP contribution in [0, 0.1) is 6.92 Å². The van der Waals surface area contributed by atoms with Crippen LogP contribution in [0.5, 0.6) is 0 Å². The molecule has 3 rings (SSSR count). The second-order valence-corrected chi connectivity index (χ2v) is 7.93. The fraction of sp³-hybridized carbons (Fsp3) is 0.118. The molecule has 4 amide bonds. The van der Waals surface area contributed by atoms with Gasteiger partial charge in [0.1, 0.15) is 12.2 Å². The van der Waals surface area contributed by atoms with Gasteiger partial charge < -0.3 is 10.6 Å². The van der Waals surface area contributed by atoms with Crippen LogP contribution in [-0.2, 0) is 9.59 Å². The molecule has 0 bridgehead atoms. The minimum Gasteiger partial charge on any atom is -0.325 e. The van der Waals surface area contributed by atoms with Gasteiger partial charge in [-0.1, -0.05) is 17.7 Å². The SMILES string of the molecule is Cc1ccc(NC(=O)CN2C(=O)N/C(=C/c3ccc(Br)s3)C2=O)cc1. The summed E-state index contributed by atoms with van der Waals surface area (Å²) in [6.45, 7) is 1.60. The first kappa shape index (κ1) is 17.4. The summed E-state index contributed by atoms with van der Waals surface area (Å²) in [5, 5.41) is 5.17. The van der Waals surface area contributed by atoms with Gasteiger partial charge in [0.2, 0.25) is 5.91 Å². The molecule has 0 atom stereocenters. The molecular formula is C17H14BrN3O3S. The Hall–Kier alpha value is -2.45. The topological polar surface area (TPSA) is 78.5 Å². The van der Waals surface area contributed by atoms with Crippen molar-refractivity contribution in [2.24, 2.45) is 0 Å². The van der Waals surface area contributed by atoms with Gasteiger partial charge in [-0.3, -0.25) is 9.59 Å². The number of amides is 4. The van der Waals surface area contributed by atoms with Crippen molar-refractivity contribution in [3.05, 3.63) is 56.3 Å². The molecule has 128 valence electrons. The maximum absolute atomic E-state index is 12.3. The molecule has 2 N–H and O–H groups in total. The lowest BCUT2D eigenvalue weighted by Crippen LogP contribution is -2.38. The smallest absolute Gasteiger partial charge is 0.325 e. The van der Waals surface area contributed by atoms with Crippen LogP contribution in [0.1, 0.15) is 10.4 Å². The number of hydrogen-bond acceptors (Lipinski definition) is 4. The Bertz CT molecular complexity index is 874. The number of nitrogens with one attached hydrogen (secondary N) is 2. The second kappa shape index (κ2) is 7.20. The summed E-state index contributed by atoms with van der Waals surface area (Å²) < 4.78 is 0.922. The number of urea groups is 1. The molecule has 1 saturated heterocycles. The molecule has 25 heavy (non-hydrogen) atoms. The first-order valence-electron chi connectivity index (χ1n) is 7.39. The Kier molecular flexibility index (Phi) is 5.00. The minimum absolute atomic E-state index is 0.155. The van der Waals surface area contributed by atoms with E-state index in [1.807, 2.05) is 31.2 Å². The van der Waals surface area contributed by atoms with Gasteiger partial charge in [-0.2, -0.15) is 0 Å². The van der Waals surface area contributed by atoms with Crippen LogP contribution in [0.4, 0.5) is 10.5 Å². The van der Waals surface area contributed by atoms with Crippen LogP contribution in [0.15, 0.2) is 45.9 Å². The van der Waals surface area contributed by atoms with Crippen LogP contribution >= 0.6 is 27.3 Å². The van der Waals surface area contributed by atoms with Crippen molar-refractivity contribution in [2.45, 2.75) is 6.92 Å². The van der Waals surface area contributed by atoms with Crippen molar-refractivity contribution in [3.8, 4) is 0 Å². The van der Waals surface area contributed by atoms with Gasteiger partial charge >= 0.3 is 6.03 Å². The number of carbonyl (C=O) groups excluding carboxylic acids is 3. The minimum atomic E-state index is -0.606. The third-order valence-corrected chi connectivity index (χ3v) is 5.05. The van der Waals surface area contributed by atoms with Gasteiger partial charge in [-0.15, -0.1) is 11.3 Å². The largest absolute Gasteiger partial charge is 0.329 e. The Balaban J connectivity index is 1.67. The lowest BCUT2D eigenvalue weighted by molar-refractivity contribution is -0.127. The van der Waals surface area contributed by atoms with Gasteiger partial charge in [0.05, 0.1) is 3.79 Å². The third kappa shape index (κ3) is 4.15. The van der Waals surface area contributed by atoms with Crippen molar-refractivity contribution in [1.29, 1.82) is 0 Å². The number of benzene rings is 1. The van der Waals surface area contributed by atoms with Crippen LogP contribution in [-0.4, -0.2) is 29.3 Å². The molecule has 2 heterocycles.